The van der Waals surface area contributed by atoms with Gasteiger partial charge < -0.3 is 10.2 Å². The van der Waals surface area contributed by atoms with E-state index in [1.807, 2.05) is 0 Å². The molecule has 0 amide bonds. The molecule has 1 heterocycles. The third kappa shape index (κ3) is 5.37. The molecule has 0 aliphatic carbocycles. The normalized spacial score (nSPS) is 12.9. The molecule has 1 aromatic heterocycles. The highest BCUT2D eigenvalue weighted by molar-refractivity contribution is 7.86. The molecule has 0 unspecified atom stereocenters. The van der Waals surface area contributed by atoms with Crippen LogP contribution >= 0.6 is 0 Å². The molecule has 18 heteroatoms. The van der Waals surface area contributed by atoms with Crippen molar-refractivity contribution in [3.05, 3.63) is 42.2 Å². The fraction of sp³-hybridized carbons (Fsp3) is 0. The largest absolute Gasteiger partial charge is 0.506 e. The Bertz CT molecular complexity index is 1420. The van der Waals surface area contributed by atoms with Crippen molar-refractivity contribution in [3.63, 3.8) is 0 Å². The van der Waals surface area contributed by atoms with Gasteiger partial charge in [-0.3, -0.25) is 14.5 Å². The van der Waals surface area contributed by atoms with Crippen LogP contribution in [0.2, 0.25) is 0 Å². The fourth-order valence-electron chi connectivity index (χ4n) is 2.10. The summed E-state index contributed by atoms with van der Waals surface area (Å²) in [6.45, 7) is 0. The summed E-state index contributed by atoms with van der Waals surface area (Å²) >= 11 is 0. The van der Waals surface area contributed by atoms with Gasteiger partial charge in [0.1, 0.15) is 17.2 Å². The highest BCUT2D eigenvalue weighted by Crippen LogP contribution is 2.30. The first-order valence-corrected chi connectivity index (χ1v) is 10.9. The van der Waals surface area contributed by atoms with E-state index >= 15 is 0 Å². The molecule has 3 rings (SSSR count). The maximum atomic E-state index is 11.3. The van der Waals surface area contributed by atoms with E-state index in [4.69, 9.17) is 9.11 Å². The van der Waals surface area contributed by atoms with E-state index in [2.05, 4.69) is 41.4 Å². The maximum absolute atomic E-state index is 11.3. The zero-order valence-electron chi connectivity index (χ0n) is 15.4. The highest BCUT2D eigenvalue weighted by atomic mass is 32.2. The Hall–Kier alpha value is -4.00. The van der Waals surface area contributed by atoms with Crippen LogP contribution in [0.15, 0.2) is 61.5 Å². The molecule has 16 nitrogen and oxygen atoms in total. The van der Waals surface area contributed by atoms with E-state index < -0.39 is 47.4 Å². The number of azo groups is 1. The number of aromatic amines is 1. The molecule has 0 saturated heterocycles. The molecule has 0 spiro atoms. The third-order valence-corrected chi connectivity index (χ3v) is 5.29. The first-order valence-electron chi connectivity index (χ1n) is 8.05. The molecule has 2 aromatic carbocycles. The summed E-state index contributed by atoms with van der Waals surface area (Å²) in [6.07, 6.45) is 0. The van der Waals surface area contributed by atoms with Crippen LogP contribution in [0.4, 0.5) is 11.4 Å². The van der Waals surface area contributed by atoms with Crippen LogP contribution in [0.1, 0.15) is 5.82 Å². The van der Waals surface area contributed by atoms with Crippen molar-refractivity contribution in [2.75, 3.05) is 5.43 Å². The first kappa shape index (κ1) is 22.7. The van der Waals surface area contributed by atoms with Gasteiger partial charge >= 0.3 is 0 Å². The summed E-state index contributed by atoms with van der Waals surface area (Å²) in [6, 6.07) is 5.53. The van der Waals surface area contributed by atoms with E-state index in [9.17, 15) is 27.0 Å². The Morgan fingerprint density at radius 2 is 1.56 bits per heavy atom. The minimum absolute atomic E-state index is 0.239. The van der Waals surface area contributed by atoms with Crippen LogP contribution in [0.3, 0.4) is 0 Å². The molecule has 0 aliphatic rings. The number of phenolic OH excluding ortho intramolecular Hbond substituents is 2. The molecule has 0 aliphatic heterocycles. The Kier molecular flexibility index (Phi) is 6.11. The van der Waals surface area contributed by atoms with Crippen molar-refractivity contribution in [1.82, 2.24) is 20.6 Å². The molecule has 0 saturated carbocycles. The molecular formula is C14H12N8O8S2. The number of hydrogen-bond acceptors (Lipinski definition) is 12. The summed E-state index contributed by atoms with van der Waals surface area (Å²) in [4.78, 5) is -1.10. The van der Waals surface area contributed by atoms with Gasteiger partial charge in [0.05, 0.1) is 15.5 Å². The van der Waals surface area contributed by atoms with E-state index in [0.29, 0.717) is 0 Å². The number of rotatable bonds is 6. The van der Waals surface area contributed by atoms with Gasteiger partial charge in [0.2, 0.25) is 11.7 Å². The van der Waals surface area contributed by atoms with E-state index in [-0.39, 0.29) is 17.2 Å². The van der Waals surface area contributed by atoms with Crippen LogP contribution in [-0.2, 0) is 20.2 Å². The van der Waals surface area contributed by atoms with E-state index in [1.165, 1.54) is 0 Å². The first-order chi connectivity index (χ1) is 14.9. The van der Waals surface area contributed by atoms with Gasteiger partial charge in [0.25, 0.3) is 20.2 Å². The summed E-state index contributed by atoms with van der Waals surface area (Å²) in [7, 11) is -9.15. The zero-order valence-corrected chi connectivity index (χ0v) is 17.0. The number of aromatic hydroxyl groups is 2. The number of phenols is 2. The second-order valence-corrected chi connectivity index (χ2v) is 8.61. The van der Waals surface area contributed by atoms with Crippen molar-refractivity contribution >= 4 is 37.4 Å². The molecule has 0 bridgehead atoms. The van der Waals surface area contributed by atoms with Crippen LogP contribution in [0.25, 0.3) is 0 Å². The van der Waals surface area contributed by atoms with Crippen molar-refractivity contribution in [2.24, 2.45) is 15.3 Å². The van der Waals surface area contributed by atoms with Crippen molar-refractivity contribution < 1.29 is 36.2 Å². The van der Waals surface area contributed by atoms with Crippen LogP contribution in [0.5, 0.6) is 11.5 Å². The standard InChI is InChI=1S/C14H12N8O8S2/c23-11-3-1-7(31(25,26)27)5-9(11)15-17-13(14-19-21-22-20-14)18-16-10-6-8(32(28,29)30)2-4-12(10)24/h1-6,15,23-24H,(H,25,26,27)(H,28,29,30)(H,19,20,21,22)/b17-13+,18-16?. The SMILES string of the molecule is O=S(=O)(O)c1ccc(O)c(N=N/C(=N/Nc2cc(S(=O)(=O)O)ccc2O)c2nn[nH]n2)c1. The molecule has 0 fully saturated rings. The predicted octanol–water partition coefficient (Wildman–Crippen LogP) is 0.662. The van der Waals surface area contributed by atoms with Gasteiger partial charge in [-0.25, -0.2) is 0 Å². The number of nitrogens with one attached hydrogen (secondary N) is 2. The highest BCUT2D eigenvalue weighted by Gasteiger charge is 2.15. The second kappa shape index (κ2) is 8.63. The topological polar surface area (TPSA) is 253 Å². The lowest BCUT2D eigenvalue weighted by Crippen LogP contribution is -2.05. The number of tetrazole rings is 1. The number of hydrazone groups is 1. The quantitative estimate of drug-likeness (QED) is 0.0704. The Balaban J connectivity index is 1.99. The maximum Gasteiger partial charge on any atom is 0.294 e. The van der Waals surface area contributed by atoms with Gasteiger partial charge in [0, 0.05) is 0 Å². The van der Waals surface area contributed by atoms with Gasteiger partial charge in [-0.2, -0.15) is 22.0 Å². The number of amidine groups is 1. The average molecular weight is 484 g/mol. The molecular weight excluding hydrogens is 472 g/mol. The Morgan fingerprint density at radius 3 is 2.16 bits per heavy atom. The van der Waals surface area contributed by atoms with Gasteiger partial charge in [-0.1, -0.05) is 0 Å². The number of hydrogen-bond donors (Lipinski definition) is 6. The minimum Gasteiger partial charge on any atom is -0.506 e. The predicted molar refractivity (Wildman–Crippen MR) is 105 cm³/mol. The second-order valence-electron chi connectivity index (χ2n) is 5.76. The molecule has 6 N–H and O–H groups in total. The average Bonchev–Trinajstić information content (AvgIpc) is 3.23. The Morgan fingerprint density at radius 1 is 0.938 bits per heavy atom. The molecule has 0 atom stereocenters. The number of benzene rings is 2. The van der Waals surface area contributed by atoms with E-state index in [1.54, 1.807) is 0 Å². The van der Waals surface area contributed by atoms with Crippen LogP contribution in [-0.4, -0.2) is 62.6 Å². The zero-order chi connectivity index (χ0) is 23.5. The molecule has 32 heavy (non-hydrogen) atoms. The monoisotopic (exact) mass is 484 g/mol. The van der Waals surface area contributed by atoms with Crippen LogP contribution in [0, 0.1) is 0 Å². The van der Waals surface area contributed by atoms with Crippen molar-refractivity contribution in [1.29, 1.82) is 0 Å². The van der Waals surface area contributed by atoms with Gasteiger partial charge in [-0.15, -0.1) is 25.5 Å². The van der Waals surface area contributed by atoms with Crippen molar-refractivity contribution in [3.8, 4) is 11.5 Å². The minimum atomic E-state index is -4.58. The lowest BCUT2D eigenvalue weighted by atomic mass is 10.3. The molecule has 0 radical (unpaired) electrons. The van der Waals surface area contributed by atoms with Gasteiger partial charge in [-0.05, 0) is 41.6 Å². The number of H-pyrrole nitrogens is 1. The van der Waals surface area contributed by atoms with E-state index in [0.717, 1.165) is 36.4 Å². The number of nitrogens with zero attached hydrogens (tertiary/aromatic N) is 6. The summed E-state index contributed by atoms with van der Waals surface area (Å²) in [5.74, 6) is -1.58. The third-order valence-electron chi connectivity index (χ3n) is 3.59. The molecule has 168 valence electrons. The van der Waals surface area contributed by atoms with Crippen molar-refractivity contribution in [2.45, 2.75) is 9.79 Å². The fourth-order valence-corrected chi connectivity index (χ4v) is 3.10. The lowest BCUT2D eigenvalue weighted by Gasteiger charge is -2.06. The molecule has 3 aromatic rings. The summed E-state index contributed by atoms with van der Waals surface area (Å²) in [5.41, 5.74) is 1.66. The Labute approximate surface area is 178 Å². The lowest BCUT2D eigenvalue weighted by molar-refractivity contribution is 0.472. The van der Waals surface area contributed by atoms with Crippen LogP contribution < -0.4 is 5.43 Å². The van der Waals surface area contributed by atoms with Gasteiger partial charge in [0.15, 0.2) is 0 Å². The summed E-state index contributed by atoms with van der Waals surface area (Å²) in [5, 5.41) is 43.5. The number of aromatic nitrogens is 4. The summed E-state index contributed by atoms with van der Waals surface area (Å²) < 4.78 is 63.3. The smallest absolute Gasteiger partial charge is 0.294 e. The number of anilines is 1.